The second kappa shape index (κ2) is 11.1. The Morgan fingerprint density at radius 1 is 1.09 bits per heavy atom. The summed E-state index contributed by atoms with van der Waals surface area (Å²) >= 11 is 0. The molecule has 0 radical (unpaired) electrons. The summed E-state index contributed by atoms with van der Waals surface area (Å²) in [6, 6.07) is 11.3. The molecule has 0 bridgehead atoms. The van der Waals surface area contributed by atoms with Crippen LogP contribution in [-0.2, 0) is 9.59 Å². The molecule has 35 heavy (non-hydrogen) atoms. The smallest absolute Gasteiger partial charge is 0.247 e. The number of anilines is 2. The first-order chi connectivity index (χ1) is 17.0. The molecule has 0 aromatic heterocycles. The lowest BCUT2D eigenvalue weighted by Gasteiger charge is -2.25. The second-order valence-corrected chi connectivity index (χ2v) is 9.27. The Kier molecular flexibility index (Phi) is 7.70. The molecule has 2 amide bonds. The number of benzene rings is 2. The number of carbonyl (C=O) groups is 2. The summed E-state index contributed by atoms with van der Waals surface area (Å²) < 4.78 is 0. The van der Waals surface area contributed by atoms with Crippen molar-refractivity contribution >= 4 is 39.9 Å². The molecule has 2 aliphatic rings. The molecule has 2 heterocycles. The van der Waals surface area contributed by atoms with E-state index in [2.05, 4.69) is 26.6 Å². The van der Waals surface area contributed by atoms with Crippen LogP contribution in [0.25, 0.3) is 10.8 Å². The summed E-state index contributed by atoms with van der Waals surface area (Å²) in [6.07, 6.45) is 6.20. The van der Waals surface area contributed by atoms with E-state index in [-0.39, 0.29) is 24.3 Å². The van der Waals surface area contributed by atoms with E-state index < -0.39 is 6.04 Å². The van der Waals surface area contributed by atoms with E-state index >= 15 is 0 Å². The lowest BCUT2D eigenvalue weighted by Crippen LogP contribution is -2.45. The van der Waals surface area contributed by atoms with Crippen LogP contribution in [0.1, 0.15) is 32.1 Å². The van der Waals surface area contributed by atoms with E-state index in [0.29, 0.717) is 13.0 Å². The monoisotopic (exact) mass is 475 g/mol. The molecule has 9 heteroatoms. The van der Waals surface area contributed by atoms with Gasteiger partial charge in [0.2, 0.25) is 17.8 Å². The number of likely N-dealkylation sites (tertiary alicyclic amines) is 2. The molecule has 4 rings (SSSR count). The molecule has 2 saturated heterocycles. The van der Waals surface area contributed by atoms with Gasteiger partial charge in [-0.3, -0.25) is 14.9 Å². The maximum absolute atomic E-state index is 13.3. The van der Waals surface area contributed by atoms with E-state index in [4.69, 9.17) is 0 Å². The zero-order chi connectivity index (χ0) is 24.8. The zero-order valence-electron chi connectivity index (χ0n) is 20.5. The average Bonchev–Trinajstić information content (AvgIpc) is 3.34. The topological polar surface area (TPSA) is 104 Å². The van der Waals surface area contributed by atoms with Gasteiger partial charge in [0, 0.05) is 55.9 Å². The molecule has 1 atom stereocenters. The van der Waals surface area contributed by atoms with Crippen molar-refractivity contribution in [1.29, 1.82) is 5.26 Å². The first-order valence-corrected chi connectivity index (χ1v) is 12.2. The molecule has 2 aromatic rings. The van der Waals surface area contributed by atoms with Gasteiger partial charge in [-0.15, -0.1) is 0 Å². The molecule has 0 saturated carbocycles. The van der Waals surface area contributed by atoms with Crippen molar-refractivity contribution in [2.75, 3.05) is 50.5 Å². The Bertz CT molecular complexity index is 1150. The Morgan fingerprint density at radius 2 is 1.80 bits per heavy atom. The van der Waals surface area contributed by atoms with Crippen LogP contribution in [0.3, 0.4) is 0 Å². The summed E-state index contributed by atoms with van der Waals surface area (Å²) in [5.74, 6) is 0.0599. The van der Waals surface area contributed by atoms with Crippen molar-refractivity contribution in [3.63, 3.8) is 0 Å². The molecule has 2 fully saturated rings. The predicted molar refractivity (Wildman–Crippen MR) is 138 cm³/mol. The summed E-state index contributed by atoms with van der Waals surface area (Å²) in [7, 11) is 3.99. The van der Waals surface area contributed by atoms with Crippen molar-refractivity contribution in [2.24, 2.45) is 4.99 Å². The van der Waals surface area contributed by atoms with Gasteiger partial charge in [0.1, 0.15) is 6.04 Å². The number of rotatable bonds is 5. The first kappa shape index (κ1) is 24.3. The van der Waals surface area contributed by atoms with Crippen molar-refractivity contribution in [1.82, 2.24) is 15.1 Å². The van der Waals surface area contributed by atoms with Gasteiger partial charge in [-0.1, -0.05) is 24.3 Å². The summed E-state index contributed by atoms with van der Waals surface area (Å²) in [6.45, 7) is 2.18. The summed E-state index contributed by atoms with van der Waals surface area (Å²) in [4.78, 5) is 36.1. The molecular weight excluding hydrogens is 442 g/mol. The van der Waals surface area contributed by atoms with E-state index in [9.17, 15) is 14.9 Å². The fourth-order valence-electron chi connectivity index (χ4n) is 4.81. The van der Waals surface area contributed by atoms with E-state index in [1.54, 1.807) is 4.90 Å². The molecule has 2 aromatic carbocycles. The maximum atomic E-state index is 13.3. The second-order valence-electron chi connectivity index (χ2n) is 9.27. The fraction of sp³-hybridized carbons (Fsp3) is 0.462. The van der Waals surface area contributed by atoms with Gasteiger partial charge in [0.05, 0.1) is 6.54 Å². The highest BCUT2D eigenvalue weighted by Gasteiger charge is 2.30. The Balaban J connectivity index is 1.57. The van der Waals surface area contributed by atoms with Gasteiger partial charge in [-0.2, -0.15) is 5.26 Å². The van der Waals surface area contributed by atoms with E-state index in [1.165, 1.54) is 0 Å². The van der Waals surface area contributed by atoms with Crippen LogP contribution in [0.4, 0.5) is 11.4 Å². The Hall–Kier alpha value is -3.80. The number of nitrogens with zero attached hydrogens (tertiary/aromatic N) is 5. The third-order valence-corrected chi connectivity index (χ3v) is 6.63. The third-order valence-electron chi connectivity index (χ3n) is 6.63. The van der Waals surface area contributed by atoms with Crippen LogP contribution < -0.4 is 15.5 Å². The normalized spacial score (nSPS) is 18.8. The van der Waals surface area contributed by atoms with Gasteiger partial charge in [0.15, 0.2) is 6.19 Å². The van der Waals surface area contributed by atoms with Crippen LogP contribution in [0.5, 0.6) is 0 Å². The summed E-state index contributed by atoms with van der Waals surface area (Å²) in [5.41, 5.74) is 1.87. The number of hydrogen-bond acceptors (Lipinski definition) is 5. The van der Waals surface area contributed by atoms with Crippen molar-refractivity contribution in [3.05, 3.63) is 36.4 Å². The molecule has 184 valence electrons. The number of fused-ring (bicyclic) bond motifs is 1. The number of nitriles is 1. The number of guanidine groups is 1. The minimum absolute atomic E-state index is 0.00132. The zero-order valence-corrected chi connectivity index (χ0v) is 20.5. The molecule has 0 aliphatic carbocycles. The van der Waals surface area contributed by atoms with Gasteiger partial charge in [0.25, 0.3) is 0 Å². The maximum Gasteiger partial charge on any atom is 0.247 e. The average molecular weight is 476 g/mol. The van der Waals surface area contributed by atoms with Gasteiger partial charge >= 0.3 is 0 Å². The standard InChI is InChI=1S/C26H33N7O2/c1-31(2)23-13-12-21(19-9-3-4-10-20(19)23)29-26(28-18-27)30-22-11-5-6-16-33(25(22)35)17-24(34)32-14-7-8-15-32/h3-4,9-10,12-13,22H,5-8,11,14-17H2,1-2H3,(H2,28,29,30). The van der Waals surface area contributed by atoms with Gasteiger partial charge in [-0.25, -0.2) is 4.99 Å². The quantitative estimate of drug-likeness (QED) is 0.298. The highest BCUT2D eigenvalue weighted by Crippen LogP contribution is 2.31. The predicted octanol–water partition coefficient (Wildman–Crippen LogP) is 2.75. The van der Waals surface area contributed by atoms with Crippen LogP contribution in [-0.4, -0.2) is 73.9 Å². The number of nitrogens with one attached hydrogen (secondary N) is 2. The van der Waals surface area contributed by atoms with E-state index in [0.717, 1.165) is 60.9 Å². The highest BCUT2D eigenvalue weighted by atomic mass is 16.2. The molecular formula is C26H33N7O2. The van der Waals surface area contributed by atoms with Crippen molar-refractivity contribution in [2.45, 2.75) is 38.1 Å². The fourth-order valence-corrected chi connectivity index (χ4v) is 4.81. The summed E-state index contributed by atoms with van der Waals surface area (Å²) in [5, 5.41) is 17.2. The molecule has 2 N–H and O–H groups in total. The van der Waals surface area contributed by atoms with Crippen LogP contribution >= 0.6 is 0 Å². The third kappa shape index (κ3) is 5.65. The minimum Gasteiger partial charge on any atom is -0.377 e. The first-order valence-electron chi connectivity index (χ1n) is 12.2. The number of carbonyl (C=O) groups excluding carboxylic acids is 2. The van der Waals surface area contributed by atoms with E-state index in [1.807, 2.05) is 55.5 Å². The Labute approximate surface area is 206 Å². The SMILES string of the molecule is CN(C)c1ccc(NC(=NC2CCCCN(CC(=O)N3CCCC3)C2=O)NC#N)c2ccccc12. The molecule has 9 nitrogen and oxygen atoms in total. The van der Waals surface area contributed by atoms with Crippen LogP contribution in [0.15, 0.2) is 41.4 Å². The largest absolute Gasteiger partial charge is 0.377 e. The molecule has 0 spiro atoms. The highest BCUT2D eigenvalue weighted by molar-refractivity contribution is 6.08. The van der Waals surface area contributed by atoms with Crippen LogP contribution in [0.2, 0.25) is 0 Å². The van der Waals surface area contributed by atoms with Crippen molar-refractivity contribution < 1.29 is 9.59 Å². The Morgan fingerprint density at radius 3 is 2.51 bits per heavy atom. The number of aliphatic imine (C=N–C) groups is 1. The number of hydrogen-bond donors (Lipinski definition) is 2. The van der Waals surface area contributed by atoms with Crippen LogP contribution in [0, 0.1) is 11.5 Å². The number of amides is 2. The minimum atomic E-state index is -0.653. The lowest BCUT2D eigenvalue weighted by molar-refractivity contribution is -0.140. The van der Waals surface area contributed by atoms with Crippen molar-refractivity contribution in [3.8, 4) is 6.19 Å². The molecule has 2 aliphatic heterocycles. The molecule has 1 unspecified atom stereocenters. The lowest BCUT2D eigenvalue weighted by atomic mass is 10.1. The van der Waals surface area contributed by atoms with Gasteiger partial charge < -0.3 is 20.0 Å². The van der Waals surface area contributed by atoms with Gasteiger partial charge in [-0.05, 0) is 44.2 Å².